The van der Waals surface area contributed by atoms with Crippen molar-refractivity contribution in [3.63, 3.8) is 0 Å². The first-order chi connectivity index (χ1) is 17.2. The van der Waals surface area contributed by atoms with Gasteiger partial charge in [-0.15, -0.1) is 13.2 Å². The van der Waals surface area contributed by atoms with E-state index in [-0.39, 0.29) is 25.4 Å². The Bertz CT molecular complexity index is 1110. The molecule has 0 N–H and O–H groups in total. The molecule has 2 rings (SSSR count). The van der Waals surface area contributed by atoms with Crippen molar-refractivity contribution in [3.8, 4) is 11.5 Å². The van der Waals surface area contributed by atoms with Crippen molar-refractivity contribution >= 4 is 24.1 Å². The summed E-state index contributed by atoms with van der Waals surface area (Å²) in [5.41, 5.74) is 0.870. The van der Waals surface area contributed by atoms with Gasteiger partial charge in [0, 0.05) is 18.3 Å². The van der Waals surface area contributed by atoms with Gasteiger partial charge >= 0.3 is 18.4 Å². The summed E-state index contributed by atoms with van der Waals surface area (Å²) >= 11 is 0. The molecule has 37 heavy (non-hydrogen) atoms. The van der Waals surface area contributed by atoms with E-state index in [1.54, 1.807) is 53.7 Å². The van der Waals surface area contributed by atoms with Gasteiger partial charge in [0.25, 0.3) is 0 Å². The zero-order valence-corrected chi connectivity index (χ0v) is 21.6. The second kappa shape index (κ2) is 12.0. The molecule has 0 saturated heterocycles. The monoisotopic (exact) mass is 524 g/mol. The lowest BCUT2D eigenvalue weighted by Crippen LogP contribution is -2.42. The van der Waals surface area contributed by atoms with E-state index in [4.69, 9.17) is 9.47 Å². The Hall–Kier alpha value is -3.76. The number of imide groups is 1. The predicted octanol–water partition coefficient (Wildman–Crippen LogP) is 5.53. The molecule has 0 aliphatic heterocycles. The van der Waals surface area contributed by atoms with Gasteiger partial charge in [0.1, 0.15) is 11.5 Å². The highest BCUT2D eigenvalue weighted by Crippen LogP contribution is 2.30. The van der Waals surface area contributed by atoms with E-state index in [2.05, 4.69) is 4.74 Å². The number of carbonyl (C=O) groups excluding carboxylic acids is 3. The minimum Gasteiger partial charge on any atom is -0.476 e. The molecule has 0 unspecified atom stereocenters. The Labute approximate surface area is 213 Å². The van der Waals surface area contributed by atoms with Crippen LogP contribution in [-0.4, -0.2) is 48.4 Å². The molecule has 0 spiro atoms. The van der Waals surface area contributed by atoms with Gasteiger partial charge in [0.05, 0.1) is 13.2 Å². The van der Waals surface area contributed by atoms with E-state index < -0.39 is 29.7 Å². The van der Waals surface area contributed by atoms with Crippen LogP contribution in [0, 0.1) is 13.8 Å². The van der Waals surface area contributed by atoms with Crippen LogP contribution in [-0.2, 0) is 20.9 Å². The summed E-state index contributed by atoms with van der Waals surface area (Å²) in [5, 5.41) is 0. The Morgan fingerprint density at radius 2 is 1.62 bits per heavy atom. The van der Waals surface area contributed by atoms with Gasteiger partial charge in [0.2, 0.25) is 6.41 Å². The average Bonchev–Trinajstić information content (AvgIpc) is 2.79. The summed E-state index contributed by atoms with van der Waals surface area (Å²) in [6.07, 6.45) is -4.52. The van der Waals surface area contributed by atoms with Crippen molar-refractivity contribution in [1.82, 2.24) is 4.90 Å². The second-order valence-electron chi connectivity index (χ2n) is 8.70. The predicted molar refractivity (Wildman–Crippen MR) is 130 cm³/mol. The van der Waals surface area contributed by atoms with Crippen molar-refractivity contribution in [1.29, 1.82) is 0 Å². The van der Waals surface area contributed by atoms with Gasteiger partial charge in [-0.05, 0) is 70.4 Å². The highest BCUT2D eigenvalue weighted by Gasteiger charge is 2.33. The number of urea groups is 1. The quantitative estimate of drug-likeness (QED) is 0.300. The molecule has 0 fully saturated rings. The van der Waals surface area contributed by atoms with Gasteiger partial charge in [-0.1, -0.05) is 18.2 Å². The molecule has 3 amide bonds. The van der Waals surface area contributed by atoms with Crippen LogP contribution >= 0.6 is 0 Å². The molecule has 0 aliphatic rings. The van der Waals surface area contributed by atoms with Crippen molar-refractivity contribution in [2.75, 3.05) is 18.1 Å². The van der Waals surface area contributed by atoms with E-state index in [0.717, 1.165) is 21.9 Å². The third-order valence-electron chi connectivity index (χ3n) is 5.28. The Morgan fingerprint density at radius 3 is 2.14 bits per heavy atom. The largest absolute Gasteiger partial charge is 0.573 e. The van der Waals surface area contributed by atoms with Crippen LogP contribution in [0.15, 0.2) is 36.4 Å². The molecular weight excluding hydrogens is 493 g/mol. The number of anilines is 1. The van der Waals surface area contributed by atoms with Gasteiger partial charge in [-0.3, -0.25) is 14.6 Å². The topological polar surface area (TPSA) is 85.4 Å². The van der Waals surface area contributed by atoms with Crippen LogP contribution in [0.1, 0.15) is 44.4 Å². The number of esters is 1. The zero-order chi connectivity index (χ0) is 28.0. The molecule has 0 radical (unpaired) electrons. The SMILES string of the molecule is CCOC(=O)C(C)(C)Oc1c(C)cc(CN(C=O)C(=O)N(CC)c2cccc(OC(F)(F)F)c2)cc1C. The van der Waals surface area contributed by atoms with E-state index in [9.17, 15) is 27.6 Å². The number of benzene rings is 2. The lowest BCUT2D eigenvalue weighted by Gasteiger charge is -2.28. The summed E-state index contributed by atoms with van der Waals surface area (Å²) in [6, 6.07) is 7.68. The lowest BCUT2D eigenvalue weighted by molar-refractivity contribution is -0.274. The van der Waals surface area contributed by atoms with E-state index in [1.807, 2.05) is 0 Å². The normalized spacial score (nSPS) is 11.5. The van der Waals surface area contributed by atoms with Crippen LogP contribution in [0.4, 0.5) is 23.7 Å². The molecule has 0 aliphatic carbocycles. The minimum atomic E-state index is -4.88. The highest BCUT2D eigenvalue weighted by molar-refractivity contribution is 5.97. The standard InChI is InChI=1S/C26H31F3N2O6/c1-7-31(20-10-9-11-21(14-20)36-26(27,28)29)24(34)30(16-32)15-19-12-17(3)22(18(4)13-19)37-25(5,6)23(33)35-8-2/h9-14,16H,7-8,15H2,1-6H3. The lowest BCUT2D eigenvalue weighted by atomic mass is 10.0. The van der Waals surface area contributed by atoms with Crippen LogP contribution in [0.3, 0.4) is 0 Å². The molecule has 0 bridgehead atoms. The number of hydrogen-bond acceptors (Lipinski definition) is 6. The Morgan fingerprint density at radius 1 is 1.00 bits per heavy atom. The molecule has 202 valence electrons. The number of ether oxygens (including phenoxy) is 3. The third-order valence-corrected chi connectivity index (χ3v) is 5.28. The molecular formula is C26H31F3N2O6. The molecule has 2 aromatic carbocycles. The number of nitrogens with zero attached hydrogens (tertiary/aromatic N) is 2. The number of aryl methyl sites for hydroxylation is 2. The van der Waals surface area contributed by atoms with Crippen LogP contribution in [0.5, 0.6) is 11.5 Å². The molecule has 11 heteroatoms. The fourth-order valence-electron chi connectivity index (χ4n) is 3.67. The zero-order valence-electron chi connectivity index (χ0n) is 21.6. The summed E-state index contributed by atoms with van der Waals surface area (Å²) in [4.78, 5) is 39.3. The summed E-state index contributed by atoms with van der Waals surface area (Å²) < 4.78 is 52.8. The highest BCUT2D eigenvalue weighted by atomic mass is 19.4. The van der Waals surface area contributed by atoms with Crippen LogP contribution < -0.4 is 14.4 Å². The summed E-state index contributed by atoms with van der Waals surface area (Å²) in [5.74, 6) is -0.524. The molecule has 0 atom stereocenters. The van der Waals surface area contributed by atoms with Gasteiger partial charge in [-0.25, -0.2) is 9.59 Å². The fourth-order valence-corrected chi connectivity index (χ4v) is 3.67. The Balaban J connectivity index is 2.26. The van der Waals surface area contributed by atoms with Gasteiger partial charge in [-0.2, -0.15) is 0 Å². The maximum atomic E-state index is 13.1. The number of amides is 3. The minimum absolute atomic E-state index is 0.0897. The smallest absolute Gasteiger partial charge is 0.476 e. The van der Waals surface area contributed by atoms with Crippen molar-refractivity contribution in [3.05, 3.63) is 53.1 Å². The first kappa shape index (κ1) is 29.5. The second-order valence-corrected chi connectivity index (χ2v) is 8.70. The Kier molecular flexibility index (Phi) is 9.55. The number of carbonyl (C=O) groups is 3. The maximum absolute atomic E-state index is 13.1. The van der Waals surface area contributed by atoms with Crippen LogP contribution in [0.25, 0.3) is 0 Å². The van der Waals surface area contributed by atoms with Gasteiger partial charge < -0.3 is 14.2 Å². The molecule has 0 aromatic heterocycles. The number of alkyl halides is 3. The number of hydrogen-bond donors (Lipinski definition) is 0. The summed E-state index contributed by atoms with van der Waals surface area (Å²) in [7, 11) is 0. The maximum Gasteiger partial charge on any atom is 0.573 e. The van der Waals surface area contributed by atoms with Crippen LogP contribution in [0.2, 0.25) is 0 Å². The molecule has 2 aromatic rings. The number of halogens is 3. The van der Waals surface area contributed by atoms with Crippen molar-refractivity contribution < 1.29 is 41.8 Å². The summed E-state index contributed by atoms with van der Waals surface area (Å²) in [6.45, 7) is 10.3. The van der Waals surface area contributed by atoms with E-state index >= 15 is 0 Å². The third kappa shape index (κ3) is 7.86. The van der Waals surface area contributed by atoms with Crippen molar-refractivity contribution in [2.45, 2.75) is 60.1 Å². The first-order valence-corrected chi connectivity index (χ1v) is 11.6. The molecule has 0 saturated carbocycles. The first-order valence-electron chi connectivity index (χ1n) is 11.6. The van der Waals surface area contributed by atoms with E-state index in [1.165, 1.54) is 12.1 Å². The molecule has 0 heterocycles. The molecule has 8 nitrogen and oxygen atoms in total. The number of rotatable bonds is 10. The average molecular weight is 525 g/mol. The van der Waals surface area contributed by atoms with E-state index in [0.29, 0.717) is 28.8 Å². The van der Waals surface area contributed by atoms with Crippen molar-refractivity contribution in [2.24, 2.45) is 0 Å². The fraction of sp³-hybridized carbons (Fsp3) is 0.423. The van der Waals surface area contributed by atoms with Gasteiger partial charge in [0.15, 0.2) is 5.60 Å².